The number of carbonyl (C=O) groups is 1. The third-order valence-electron chi connectivity index (χ3n) is 1.01. The largest absolute Gasteiger partial charge is 0.476 e. The maximum Gasteiger partial charge on any atom is 0.363 e. The van der Waals surface area contributed by atoms with E-state index >= 15 is 0 Å². The first-order chi connectivity index (χ1) is 5.61. The summed E-state index contributed by atoms with van der Waals surface area (Å²) in [4.78, 5) is 10.4. The predicted molar refractivity (Wildman–Crippen MR) is 37.0 cm³/mol. The molecule has 0 aliphatic heterocycles. The highest BCUT2D eigenvalue weighted by molar-refractivity contribution is 5.87. The maximum absolute atomic E-state index is 10.4. The lowest BCUT2D eigenvalue weighted by molar-refractivity contribution is 0.0680. The van der Waals surface area contributed by atoms with Crippen molar-refractivity contribution in [3.05, 3.63) is 5.69 Å². The fourth-order valence-electron chi connectivity index (χ4n) is 0.612. The third kappa shape index (κ3) is 1.71. The molecule has 6 nitrogen and oxygen atoms in total. The highest BCUT2D eigenvalue weighted by atomic mass is 16.6. The van der Waals surface area contributed by atoms with Gasteiger partial charge in [-0.2, -0.15) is 0 Å². The minimum Gasteiger partial charge on any atom is -0.476 e. The summed E-state index contributed by atoms with van der Waals surface area (Å²) in [5.41, 5.74) is -0.302. The van der Waals surface area contributed by atoms with Crippen LogP contribution < -0.4 is 4.74 Å². The monoisotopic (exact) mass is 172 g/mol. The van der Waals surface area contributed by atoms with Gasteiger partial charge in [-0.25, -0.2) is 9.42 Å². The van der Waals surface area contributed by atoms with Crippen molar-refractivity contribution in [2.24, 2.45) is 0 Å². The van der Waals surface area contributed by atoms with Crippen LogP contribution in [0.3, 0.4) is 0 Å². The molecule has 0 aromatic carbocycles. The molecule has 0 spiro atoms. The molecule has 0 saturated carbocycles. The molecule has 0 amide bonds. The van der Waals surface area contributed by atoms with Crippen LogP contribution in [0.4, 0.5) is 0 Å². The predicted octanol–water partition coefficient (Wildman–Crippen LogP) is 0.555. The van der Waals surface area contributed by atoms with Crippen molar-refractivity contribution in [3.8, 4) is 5.88 Å². The number of aromatic carboxylic acids is 1. The summed E-state index contributed by atoms with van der Waals surface area (Å²) in [6.07, 6.45) is -0.157. The van der Waals surface area contributed by atoms with Crippen molar-refractivity contribution in [2.75, 3.05) is 0 Å². The van der Waals surface area contributed by atoms with Crippen LogP contribution in [0.2, 0.25) is 0 Å². The van der Waals surface area contributed by atoms with Gasteiger partial charge in [0.25, 0.3) is 11.6 Å². The van der Waals surface area contributed by atoms with Gasteiger partial charge in [-0.1, -0.05) is 0 Å². The molecule has 1 aromatic rings. The second-order valence-electron chi connectivity index (χ2n) is 2.39. The number of carboxylic acid groups (broad SMARTS) is 1. The number of hydrogen-bond donors (Lipinski definition) is 1. The molecule has 0 aliphatic rings. The first-order valence-corrected chi connectivity index (χ1v) is 3.33. The van der Waals surface area contributed by atoms with E-state index in [1.807, 2.05) is 0 Å². The lowest BCUT2D eigenvalue weighted by Gasteiger charge is -2.03. The Hall–Kier alpha value is -1.59. The van der Waals surface area contributed by atoms with Crippen molar-refractivity contribution < 1.29 is 19.3 Å². The van der Waals surface area contributed by atoms with Gasteiger partial charge in [0.15, 0.2) is 0 Å². The Morgan fingerprint density at radius 2 is 2.25 bits per heavy atom. The number of carboxylic acids is 1. The lowest BCUT2D eigenvalue weighted by Crippen LogP contribution is -2.09. The van der Waals surface area contributed by atoms with Crippen LogP contribution in [-0.4, -0.2) is 27.5 Å². The zero-order valence-electron chi connectivity index (χ0n) is 6.64. The van der Waals surface area contributed by atoms with Gasteiger partial charge in [0.1, 0.15) is 0 Å². The van der Waals surface area contributed by atoms with Crippen molar-refractivity contribution >= 4 is 5.97 Å². The van der Waals surface area contributed by atoms with E-state index in [1.54, 1.807) is 13.8 Å². The molecule has 1 heterocycles. The van der Waals surface area contributed by atoms with Crippen molar-refractivity contribution in [2.45, 2.75) is 20.0 Å². The molecule has 0 fully saturated rings. The Kier molecular flexibility index (Phi) is 2.27. The van der Waals surface area contributed by atoms with Crippen molar-refractivity contribution in [3.63, 3.8) is 0 Å². The summed E-state index contributed by atoms with van der Waals surface area (Å²) in [5, 5.41) is 15.0. The Labute approximate surface area is 68.1 Å². The summed E-state index contributed by atoms with van der Waals surface area (Å²) >= 11 is 0. The van der Waals surface area contributed by atoms with Gasteiger partial charge in [-0.3, -0.25) is 0 Å². The standard InChI is InChI=1S/C6H8N2O4/c1-3(2)11-5-4(6(9)10)7-12-8-5/h3H,1-2H3,(H,9,10). The second kappa shape index (κ2) is 3.21. The average molecular weight is 172 g/mol. The Morgan fingerprint density at radius 3 is 2.75 bits per heavy atom. The number of ether oxygens (including phenoxy) is 1. The summed E-state index contributed by atoms with van der Waals surface area (Å²) in [6, 6.07) is 0. The number of hydrogen-bond acceptors (Lipinski definition) is 5. The Morgan fingerprint density at radius 1 is 1.58 bits per heavy atom. The summed E-state index contributed by atoms with van der Waals surface area (Å²) in [5.74, 6) is -1.30. The first kappa shape index (κ1) is 8.51. The molecular formula is C6H8N2O4. The molecule has 0 unspecified atom stereocenters. The molecule has 0 bridgehead atoms. The van der Waals surface area contributed by atoms with Crippen molar-refractivity contribution in [1.82, 2.24) is 10.3 Å². The highest BCUT2D eigenvalue weighted by Crippen LogP contribution is 2.13. The fourth-order valence-corrected chi connectivity index (χ4v) is 0.612. The van der Waals surface area contributed by atoms with E-state index in [0.717, 1.165) is 0 Å². The van der Waals surface area contributed by atoms with E-state index in [4.69, 9.17) is 9.84 Å². The molecule has 1 N–H and O–H groups in total. The molecule has 0 saturated heterocycles. The quantitative estimate of drug-likeness (QED) is 0.716. The van der Waals surface area contributed by atoms with E-state index in [0.29, 0.717) is 0 Å². The van der Waals surface area contributed by atoms with E-state index in [9.17, 15) is 4.79 Å². The van der Waals surface area contributed by atoms with Crippen LogP contribution in [0.15, 0.2) is 4.63 Å². The SMILES string of the molecule is CC(C)Oc1nonc1C(=O)O. The van der Waals surface area contributed by atoms with Gasteiger partial charge in [0.2, 0.25) is 0 Å². The molecule has 0 radical (unpaired) electrons. The summed E-state index contributed by atoms with van der Waals surface area (Å²) < 4.78 is 9.20. The fraction of sp³-hybridized carbons (Fsp3) is 0.500. The summed E-state index contributed by atoms with van der Waals surface area (Å²) in [7, 11) is 0. The van der Waals surface area contributed by atoms with Gasteiger partial charge < -0.3 is 9.84 Å². The molecular weight excluding hydrogens is 164 g/mol. The van der Waals surface area contributed by atoms with E-state index in [2.05, 4.69) is 14.9 Å². The zero-order valence-corrected chi connectivity index (χ0v) is 6.64. The van der Waals surface area contributed by atoms with Gasteiger partial charge in [-0.05, 0) is 24.2 Å². The lowest BCUT2D eigenvalue weighted by atomic mass is 10.4. The second-order valence-corrected chi connectivity index (χ2v) is 2.39. The molecule has 6 heteroatoms. The van der Waals surface area contributed by atoms with Gasteiger partial charge in [0.05, 0.1) is 6.10 Å². The molecule has 1 rings (SSSR count). The van der Waals surface area contributed by atoms with Crippen LogP contribution in [0.5, 0.6) is 5.88 Å². The van der Waals surface area contributed by atoms with Crippen LogP contribution in [0, 0.1) is 0 Å². The van der Waals surface area contributed by atoms with Gasteiger partial charge in [-0.15, -0.1) is 0 Å². The highest BCUT2D eigenvalue weighted by Gasteiger charge is 2.19. The van der Waals surface area contributed by atoms with E-state index < -0.39 is 5.97 Å². The Bertz CT molecular complexity index is 281. The van der Waals surface area contributed by atoms with Crippen LogP contribution >= 0.6 is 0 Å². The smallest absolute Gasteiger partial charge is 0.363 e. The average Bonchev–Trinajstić information content (AvgIpc) is 2.33. The topological polar surface area (TPSA) is 85.5 Å². The van der Waals surface area contributed by atoms with Crippen LogP contribution in [-0.2, 0) is 0 Å². The molecule has 0 aliphatic carbocycles. The maximum atomic E-state index is 10.4. The number of aromatic nitrogens is 2. The molecule has 0 atom stereocenters. The van der Waals surface area contributed by atoms with Gasteiger partial charge >= 0.3 is 5.97 Å². The molecule has 66 valence electrons. The first-order valence-electron chi connectivity index (χ1n) is 3.33. The summed E-state index contributed by atoms with van der Waals surface area (Å²) in [6.45, 7) is 3.50. The third-order valence-corrected chi connectivity index (χ3v) is 1.01. The zero-order chi connectivity index (χ0) is 9.14. The van der Waals surface area contributed by atoms with Gasteiger partial charge in [0, 0.05) is 0 Å². The Balaban J connectivity index is 2.84. The number of rotatable bonds is 3. The minimum absolute atomic E-state index is 0.0856. The van der Waals surface area contributed by atoms with Crippen LogP contribution in [0.1, 0.15) is 24.3 Å². The van der Waals surface area contributed by atoms with Crippen LogP contribution in [0.25, 0.3) is 0 Å². The van der Waals surface area contributed by atoms with Crippen molar-refractivity contribution in [1.29, 1.82) is 0 Å². The van der Waals surface area contributed by atoms with E-state index in [-0.39, 0.29) is 17.7 Å². The normalized spacial score (nSPS) is 10.2. The molecule has 1 aromatic heterocycles. The molecule has 12 heavy (non-hydrogen) atoms. The number of nitrogens with zero attached hydrogens (tertiary/aromatic N) is 2. The van der Waals surface area contributed by atoms with E-state index in [1.165, 1.54) is 0 Å². The minimum atomic E-state index is -1.22.